The van der Waals surface area contributed by atoms with Gasteiger partial charge in [-0.1, -0.05) is 19.9 Å². The number of hydrogen-bond acceptors (Lipinski definition) is 3. The van der Waals surface area contributed by atoms with Crippen LogP contribution in [-0.4, -0.2) is 24.4 Å². The van der Waals surface area contributed by atoms with Crippen molar-refractivity contribution in [3.05, 3.63) is 29.8 Å². The molecule has 7 heteroatoms. The molecule has 0 fully saturated rings. The summed E-state index contributed by atoms with van der Waals surface area (Å²) in [5.41, 5.74) is 5.22. The van der Waals surface area contributed by atoms with Gasteiger partial charge in [-0.15, -0.1) is 13.2 Å². The van der Waals surface area contributed by atoms with Crippen LogP contribution in [0.3, 0.4) is 0 Å². The molecule has 0 aliphatic heterocycles. The van der Waals surface area contributed by atoms with Crippen LogP contribution in [0.2, 0.25) is 0 Å². The second-order valence-electron chi connectivity index (χ2n) is 4.72. The van der Waals surface area contributed by atoms with Crippen LogP contribution in [0.4, 0.5) is 13.2 Å². The van der Waals surface area contributed by atoms with E-state index < -0.39 is 23.6 Å². The number of carbonyl (C=O) groups excluding carboxylic acids is 1. The van der Waals surface area contributed by atoms with E-state index in [0.717, 1.165) is 12.1 Å². The Morgan fingerprint density at radius 2 is 1.90 bits per heavy atom. The maximum Gasteiger partial charge on any atom is 0.573 e. The molecule has 0 atom stereocenters. The van der Waals surface area contributed by atoms with Gasteiger partial charge in [0.1, 0.15) is 5.75 Å². The summed E-state index contributed by atoms with van der Waals surface area (Å²) in [6.45, 7) is 4.03. The third kappa shape index (κ3) is 4.93. The highest BCUT2D eigenvalue weighted by Crippen LogP contribution is 2.23. The third-order valence-corrected chi connectivity index (χ3v) is 3.45. The normalized spacial score (nSPS) is 12.1. The van der Waals surface area contributed by atoms with Crippen molar-refractivity contribution in [3.8, 4) is 5.75 Å². The lowest BCUT2D eigenvalue weighted by Crippen LogP contribution is -2.52. The van der Waals surface area contributed by atoms with Crippen LogP contribution in [0.15, 0.2) is 24.3 Å². The van der Waals surface area contributed by atoms with Gasteiger partial charge < -0.3 is 15.8 Å². The van der Waals surface area contributed by atoms with Crippen molar-refractivity contribution in [2.24, 2.45) is 5.73 Å². The Bertz CT molecular complexity index is 477. The van der Waals surface area contributed by atoms with Crippen molar-refractivity contribution < 1.29 is 22.7 Å². The predicted molar refractivity (Wildman–Crippen MR) is 73.0 cm³/mol. The average Bonchev–Trinajstić information content (AvgIpc) is 2.43. The van der Waals surface area contributed by atoms with E-state index in [0.29, 0.717) is 12.8 Å². The quantitative estimate of drug-likeness (QED) is 0.849. The van der Waals surface area contributed by atoms with E-state index >= 15 is 0 Å². The van der Waals surface area contributed by atoms with Crippen LogP contribution in [0.1, 0.15) is 37.0 Å². The SMILES string of the molecule is CCC(CC)(CN)NC(=O)c1cccc(OC(F)(F)F)c1. The number of hydrogen-bond donors (Lipinski definition) is 2. The number of benzene rings is 1. The molecule has 0 aliphatic carbocycles. The summed E-state index contributed by atoms with van der Waals surface area (Å²) in [5, 5.41) is 2.79. The summed E-state index contributed by atoms with van der Waals surface area (Å²) in [6.07, 6.45) is -3.53. The fourth-order valence-electron chi connectivity index (χ4n) is 1.91. The molecule has 0 heterocycles. The molecule has 0 unspecified atom stereocenters. The van der Waals surface area contributed by atoms with Gasteiger partial charge >= 0.3 is 6.36 Å². The molecule has 0 aliphatic rings. The van der Waals surface area contributed by atoms with Crippen LogP contribution >= 0.6 is 0 Å². The fourth-order valence-corrected chi connectivity index (χ4v) is 1.91. The van der Waals surface area contributed by atoms with Crippen LogP contribution in [-0.2, 0) is 0 Å². The highest BCUT2D eigenvalue weighted by Gasteiger charge is 2.31. The first-order valence-corrected chi connectivity index (χ1v) is 6.63. The molecular formula is C14H19F3N2O2. The summed E-state index contributed by atoms with van der Waals surface area (Å²) in [4.78, 5) is 12.2. The molecule has 0 aromatic heterocycles. The van der Waals surface area contributed by atoms with E-state index in [4.69, 9.17) is 5.73 Å². The summed E-state index contributed by atoms with van der Waals surface area (Å²) in [7, 11) is 0. The number of nitrogens with one attached hydrogen (secondary N) is 1. The Morgan fingerprint density at radius 3 is 2.38 bits per heavy atom. The van der Waals surface area contributed by atoms with Gasteiger partial charge in [0.05, 0.1) is 5.54 Å². The van der Waals surface area contributed by atoms with Crippen LogP contribution < -0.4 is 15.8 Å². The Hall–Kier alpha value is -1.76. The van der Waals surface area contributed by atoms with E-state index in [1.165, 1.54) is 12.1 Å². The van der Waals surface area contributed by atoms with Crippen molar-refractivity contribution in [1.82, 2.24) is 5.32 Å². The van der Waals surface area contributed by atoms with E-state index in [1.807, 2.05) is 13.8 Å². The van der Waals surface area contributed by atoms with Crippen molar-refractivity contribution >= 4 is 5.91 Å². The molecule has 0 radical (unpaired) electrons. The molecule has 3 N–H and O–H groups in total. The zero-order valence-electron chi connectivity index (χ0n) is 12.0. The van der Waals surface area contributed by atoms with Gasteiger partial charge in [-0.05, 0) is 31.0 Å². The molecule has 21 heavy (non-hydrogen) atoms. The standard InChI is InChI=1S/C14H19F3N2O2/c1-3-13(4-2,9-18)19-12(20)10-6-5-7-11(8-10)21-14(15,16)17/h5-8H,3-4,9,18H2,1-2H3,(H,19,20). The van der Waals surface area contributed by atoms with Crippen LogP contribution in [0, 0.1) is 0 Å². The van der Waals surface area contributed by atoms with Crippen LogP contribution in [0.25, 0.3) is 0 Å². The molecule has 1 aromatic rings. The van der Waals surface area contributed by atoms with Gasteiger partial charge in [0.25, 0.3) is 5.91 Å². The molecule has 0 saturated carbocycles. The molecule has 118 valence electrons. The molecule has 0 spiro atoms. The van der Waals surface area contributed by atoms with Crippen molar-refractivity contribution in [2.75, 3.05) is 6.54 Å². The maximum absolute atomic E-state index is 12.2. The predicted octanol–water partition coefficient (Wildman–Crippen LogP) is 2.83. The molecule has 1 rings (SSSR count). The second-order valence-corrected chi connectivity index (χ2v) is 4.72. The van der Waals surface area contributed by atoms with E-state index in [9.17, 15) is 18.0 Å². The first-order valence-electron chi connectivity index (χ1n) is 6.63. The van der Waals surface area contributed by atoms with Gasteiger partial charge in [-0.2, -0.15) is 0 Å². The molecular weight excluding hydrogens is 285 g/mol. The third-order valence-electron chi connectivity index (χ3n) is 3.45. The first-order chi connectivity index (χ1) is 9.75. The number of rotatable bonds is 6. The monoisotopic (exact) mass is 304 g/mol. The lowest BCUT2D eigenvalue weighted by atomic mass is 9.92. The van der Waals surface area contributed by atoms with E-state index in [2.05, 4.69) is 10.1 Å². The molecule has 0 bridgehead atoms. The Balaban J connectivity index is 2.90. The number of ether oxygens (including phenoxy) is 1. The highest BCUT2D eigenvalue weighted by atomic mass is 19.4. The smallest absolute Gasteiger partial charge is 0.406 e. The maximum atomic E-state index is 12.2. The summed E-state index contributed by atoms with van der Waals surface area (Å²) in [5.74, 6) is -0.904. The zero-order valence-corrected chi connectivity index (χ0v) is 12.0. The minimum atomic E-state index is -4.79. The molecule has 1 amide bonds. The minimum Gasteiger partial charge on any atom is -0.406 e. The molecule has 1 aromatic carbocycles. The van der Waals surface area contributed by atoms with Crippen LogP contribution in [0.5, 0.6) is 5.75 Å². The van der Waals surface area contributed by atoms with Gasteiger partial charge in [0.15, 0.2) is 0 Å². The fraction of sp³-hybridized carbons (Fsp3) is 0.500. The van der Waals surface area contributed by atoms with Gasteiger partial charge in [-0.25, -0.2) is 0 Å². The highest BCUT2D eigenvalue weighted by molar-refractivity contribution is 5.95. The van der Waals surface area contributed by atoms with E-state index in [1.54, 1.807) is 0 Å². The molecule has 0 saturated heterocycles. The number of carbonyl (C=O) groups is 1. The summed E-state index contributed by atoms with van der Waals surface area (Å²) in [6, 6.07) is 4.94. The summed E-state index contributed by atoms with van der Waals surface area (Å²) < 4.78 is 40.3. The lowest BCUT2D eigenvalue weighted by molar-refractivity contribution is -0.274. The van der Waals surface area contributed by atoms with Gasteiger partial charge in [0.2, 0.25) is 0 Å². The van der Waals surface area contributed by atoms with Crippen molar-refractivity contribution in [3.63, 3.8) is 0 Å². The zero-order chi connectivity index (χ0) is 16.1. The molecule has 4 nitrogen and oxygen atoms in total. The lowest BCUT2D eigenvalue weighted by Gasteiger charge is -2.31. The second kappa shape index (κ2) is 6.80. The number of halogens is 3. The van der Waals surface area contributed by atoms with Crippen molar-refractivity contribution in [2.45, 2.75) is 38.6 Å². The Morgan fingerprint density at radius 1 is 1.29 bits per heavy atom. The largest absolute Gasteiger partial charge is 0.573 e. The summed E-state index contributed by atoms with van der Waals surface area (Å²) >= 11 is 0. The number of amides is 1. The topological polar surface area (TPSA) is 64.3 Å². The Labute approximate surface area is 121 Å². The Kier molecular flexibility index (Phi) is 5.60. The average molecular weight is 304 g/mol. The van der Waals surface area contributed by atoms with Gasteiger partial charge in [0, 0.05) is 12.1 Å². The number of alkyl halides is 3. The van der Waals surface area contributed by atoms with E-state index in [-0.39, 0.29) is 12.1 Å². The number of nitrogens with two attached hydrogens (primary N) is 1. The first kappa shape index (κ1) is 17.3. The van der Waals surface area contributed by atoms with Gasteiger partial charge in [-0.3, -0.25) is 4.79 Å². The minimum absolute atomic E-state index is 0.0940. The van der Waals surface area contributed by atoms with Crippen molar-refractivity contribution in [1.29, 1.82) is 0 Å².